The van der Waals surface area contributed by atoms with E-state index < -0.39 is 0 Å². The first kappa shape index (κ1) is 33.1. The van der Waals surface area contributed by atoms with Crippen molar-refractivity contribution in [3.63, 3.8) is 0 Å². The summed E-state index contributed by atoms with van der Waals surface area (Å²) in [7, 11) is 3.56. The van der Waals surface area contributed by atoms with Crippen LogP contribution in [0.3, 0.4) is 0 Å². The van der Waals surface area contributed by atoms with E-state index in [0.717, 1.165) is 58.7 Å². The van der Waals surface area contributed by atoms with E-state index in [9.17, 15) is 0 Å². The van der Waals surface area contributed by atoms with Gasteiger partial charge < -0.3 is 10.6 Å². The van der Waals surface area contributed by atoms with Gasteiger partial charge >= 0.3 is 0 Å². The highest BCUT2D eigenvalue weighted by molar-refractivity contribution is 7.59. The molecule has 2 aromatic carbocycles. The molecule has 0 spiro atoms. The lowest BCUT2D eigenvalue weighted by atomic mass is 9.55. The van der Waals surface area contributed by atoms with Crippen molar-refractivity contribution < 1.29 is 0 Å². The maximum atomic E-state index is 4.14. The zero-order chi connectivity index (χ0) is 33.7. The van der Waals surface area contributed by atoms with Crippen molar-refractivity contribution in [2.75, 3.05) is 19.3 Å². The molecular weight excluding hydrogens is 654 g/mol. The first-order valence-corrected chi connectivity index (χ1v) is 23.9. The Hall–Kier alpha value is -1.30. The van der Waals surface area contributed by atoms with Crippen LogP contribution in [-0.2, 0) is 0 Å². The van der Waals surface area contributed by atoms with Gasteiger partial charge in [0.1, 0.15) is 0 Å². The van der Waals surface area contributed by atoms with Crippen LogP contribution in [0.5, 0.6) is 0 Å². The fourth-order valence-corrected chi connectivity index (χ4v) is 21.1. The molecular formula is C47H62N2P2. The number of nitrogens with one attached hydrogen (secondary N) is 2. The summed E-state index contributed by atoms with van der Waals surface area (Å²) in [6, 6.07) is 24.5. The van der Waals surface area contributed by atoms with E-state index in [1.807, 2.05) is 5.57 Å². The summed E-state index contributed by atoms with van der Waals surface area (Å²) in [6.45, 7) is 2.35. The summed E-state index contributed by atoms with van der Waals surface area (Å²) in [5, 5.41) is 8.35. The smallest absolute Gasteiger partial charge is 0.0255 e. The highest BCUT2D eigenvalue weighted by Gasteiger charge is 2.58. The van der Waals surface area contributed by atoms with Crippen molar-refractivity contribution in [2.24, 2.45) is 53.3 Å². The van der Waals surface area contributed by atoms with Gasteiger partial charge in [-0.25, -0.2) is 0 Å². The van der Waals surface area contributed by atoms with Gasteiger partial charge in [-0.05, 0) is 196 Å². The Morgan fingerprint density at radius 3 is 1.47 bits per heavy atom. The van der Waals surface area contributed by atoms with Crippen LogP contribution in [-0.4, -0.2) is 47.8 Å². The summed E-state index contributed by atoms with van der Waals surface area (Å²) in [6.07, 6.45) is 25.3. The summed E-state index contributed by atoms with van der Waals surface area (Å²) in [5.74, 6) is 8.80. The highest BCUT2D eigenvalue weighted by Crippen LogP contribution is 2.72. The molecule has 8 saturated carbocycles. The van der Waals surface area contributed by atoms with Crippen molar-refractivity contribution in [3.05, 3.63) is 83.4 Å². The van der Waals surface area contributed by atoms with Gasteiger partial charge in [-0.2, -0.15) is 0 Å². The molecule has 51 heavy (non-hydrogen) atoms. The Kier molecular flexibility index (Phi) is 8.55. The number of hydrogen-bond donors (Lipinski definition) is 2. The number of rotatable bonds is 9. The quantitative estimate of drug-likeness (QED) is 0.253. The van der Waals surface area contributed by atoms with E-state index in [1.165, 1.54) is 61.6 Å². The summed E-state index contributed by atoms with van der Waals surface area (Å²) in [5.41, 5.74) is 9.98. The van der Waals surface area contributed by atoms with Gasteiger partial charge in [-0.3, -0.25) is 0 Å². The molecule has 8 bridgehead atoms. The largest absolute Gasteiger partial charge is 0.313 e. The Balaban J connectivity index is 1.10. The fourth-order valence-electron chi connectivity index (χ4n) is 15.5. The number of benzene rings is 2. The first-order valence-electron chi connectivity index (χ1n) is 21.7. The first-order chi connectivity index (χ1) is 25.1. The lowest BCUT2D eigenvalue weighted by molar-refractivity contribution is 0.0131. The monoisotopic (exact) mass is 716 g/mol. The van der Waals surface area contributed by atoms with Gasteiger partial charge in [0.15, 0.2) is 0 Å². The highest BCUT2D eigenvalue weighted by atomic mass is 31.1. The van der Waals surface area contributed by atoms with Crippen LogP contribution < -0.4 is 10.6 Å². The molecule has 0 aromatic heterocycles. The van der Waals surface area contributed by atoms with E-state index in [4.69, 9.17) is 0 Å². The molecule has 2 heterocycles. The molecule has 0 radical (unpaired) electrons. The maximum absolute atomic E-state index is 4.14. The van der Waals surface area contributed by atoms with Crippen LogP contribution >= 0.6 is 17.2 Å². The average Bonchev–Trinajstić information content (AvgIpc) is 3.94. The second-order valence-electron chi connectivity index (χ2n) is 19.5. The minimum absolute atomic E-state index is 0.0774. The Bertz CT molecular complexity index is 1540. The Morgan fingerprint density at radius 2 is 1.04 bits per heavy atom. The predicted octanol–water partition coefficient (Wildman–Crippen LogP) is 10.4. The van der Waals surface area contributed by atoms with E-state index in [0.29, 0.717) is 18.0 Å². The van der Waals surface area contributed by atoms with Crippen molar-refractivity contribution in [1.29, 1.82) is 0 Å². The molecule has 270 valence electrons. The van der Waals surface area contributed by atoms with Gasteiger partial charge in [-0.1, -0.05) is 74.7 Å². The minimum atomic E-state index is -0.116. The van der Waals surface area contributed by atoms with Crippen molar-refractivity contribution in [1.82, 2.24) is 10.6 Å². The Labute approximate surface area is 312 Å². The lowest BCUT2D eigenvalue weighted by Gasteiger charge is -2.62. The third kappa shape index (κ3) is 5.52. The zero-order valence-corrected chi connectivity index (χ0v) is 33.0. The van der Waals surface area contributed by atoms with Crippen molar-refractivity contribution in [2.45, 2.75) is 118 Å². The van der Waals surface area contributed by atoms with E-state index >= 15 is 0 Å². The number of hydrogen-bond acceptors (Lipinski definition) is 2. The van der Waals surface area contributed by atoms with Crippen LogP contribution in [0.15, 0.2) is 72.3 Å². The van der Waals surface area contributed by atoms with Crippen molar-refractivity contribution in [3.8, 4) is 0 Å². The topological polar surface area (TPSA) is 24.1 Å². The van der Waals surface area contributed by atoms with Gasteiger partial charge in [0, 0.05) is 23.2 Å². The van der Waals surface area contributed by atoms with Crippen LogP contribution in [0.2, 0.25) is 0 Å². The standard InChI is InChI=1S/C47H62N2P2/c50-47(42-13-7-15-48-42,43-14-8-16-49-43)41-27-39(33-9-3-1-4-10-33)44(34-11-5-2-6-12-34)40(41)28-51(45-35-19-29-17-30(21-35)22-36(45)20-29)46-37-23-31-18-32(25-37)26-38(46)24-31/h1-6,9-12,27,29-32,35-38,41-43,45-46,48-49H,7-8,13-26,28,50H2. The normalized spacial score (nSPS) is 43.9. The van der Waals surface area contributed by atoms with Gasteiger partial charge in [0.2, 0.25) is 0 Å². The molecule has 11 aliphatic rings. The van der Waals surface area contributed by atoms with Crippen LogP contribution in [0.25, 0.3) is 11.1 Å². The Morgan fingerprint density at radius 1 is 0.588 bits per heavy atom. The second-order valence-corrected chi connectivity index (χ2v) is 23.0. The summed E-state index contributed by atoms with van der Waals surface area (Å²) < 4.78 is 0. The molecule has 10 fully saturated rings. The third-order valence-corrected chi connectivity index (χ3v) is 21.9. The minimum Gasteiger partial charge on any atom is -0.313 e. The molecule has 2 nitrogen and oxygen atoms in total. The van der Waals surface area contributed by atoms with E-state index in [2.05, 4.69) is 86.6 Å². The van der Waals surface area contributed by atoms with E-state index in [1.54, 1.807) is 69.8 Å². The maximum Gasteiger partial charge on any atom is 0.0255 e. The summed E-state index contributed by atoms with van der Waals surface area (Å²) >= 11 is 0. The summed E-state index contributed by atoms with van der Waals surface area (Å²) in [4.78, 5) is 0. The molecule has 2 aromatic rings. The van der Waals surface area contributed by atoms with Crippen LogP contribution in [0.1, 0.15) is 101 Å². The molecule has 4 atom stereocenters. The van der Waals surface area contributed by atoms with Crippen molar-refractivity contribution >= 4 is 28.3 Å². The van der Waals surface area contributed by atoms with Gasteiger partial charge in [0.05, 0.1) is 0 Å². The third-order valence-electron chi connectivity index (χ3n) is 16.8. The van der Waals surface area contributed by atoms with Gasteiger partial charge in [0.25, 0.3) is 0 Å². The van der Waals surface area contributed by atoms with Gasteiger partial charge in [-0.15, -0.1) is 9.24 Å². The molecule has 2 N–H and O–H groups in total. The molecule has 4 unspecified atom stereocenters. The lowest BCUT2D eigenvalue weighted by Crippen LogP contribution is -2.59. The fraction of sp³-hybridized carbons (Fsp3) is 0.660. The van der Waals surface area contributed by atoms with Crippen LogP contribution in [0.4, 0.5) is 0 Å². The SMILES string of the molecule is PC(C1CCCN1)(C1CCCN1)C1C=C(c2ccccc2)C(c2ccccc2)=C1CP(C1C2CC3CC(C2)CC1C3)C1C2CC3CC(C2)CC1C3. The molecule has 9 aliphatic carbocycles. The predicted molar refractivity (Wildman–Crippen MR) is 219 cm³/mol. The molecule has 2 saturated heterocycles. The zero-order valence-electron chi connectivity index (χ0n) is 30.9. The molecule has 0 amide bonds. The molecule has 13 rings (SSSR count). The van der Waals surface area contributed by atoms with E-state index in [-0.39, 0.29) is 13.1 Å². The molecule has 4 heteroatoms. The second kappa shape index (κ2) is 13.2. The molecule has 2 aliphatic heterocycles. The van der Waals surface area contributed by atoms with Crippen LogP contribution in [0, 0.1) is 53.3 Å². The number of allylic oxidation sites excluding steroid dienone is 4. The average molecular weight is 717 g/mol.